The number of carbonyl (C=O) groups excluding carboxylic acids is 1. The van der Waals surface area contributed by atoms with Crippen LogP contribution in [0, 0.1) is 40.4 Å². The molecule has 4 aliphatic carbocycles. The van der Waals surface area contributed by atoms with Crippen molar-refractivity contribution in [3.8, 4) is 0 Å². The van der Waals surface area contributed by atoms with Crippen LogP contribution in [0.4, 0.5) is 0 Å². The Balaban J connectivity index is 1.65. The van der Waals surface area contributed by atoms with E-state index in [-0.39, 0.29) is 17.4 Å². The number of hydrogen-bond acceptors (Lipinski definition) is 2. The van der Waals surface area contributed by atoms with Crippen LogP contribution in [0.25, 0.3) is 0 Å². The average Bonchev–Trinajstić information content (AvgIpc) is 2.93. The maximum absolute atomic E-state index is 12.8. The summed E-state index contributed by atoms with van der Waals surface area (Å²) >= 11 is 0. The molecule has 25 heavy (non-hydrogen) atoms. The molecule has 0 bridgehead atoms. The van der Waals surface area contributed by atoms with Crippen molar-refractivity contribution in [2.24, 2.45) is 40.4 Å². The van der Waals surface area contributed by atoms with E-state index in [1.165, 1.54) is 51.4 Å². The van der Waals surface area contributed by atoms with Gasteiger partial charge in [-0.3, -0.25) is 4.79 Å². The van der Waals surface area contributed by atoms with Crippen LogP contribution in [0.3, 0.4) is 0 Å². The van der Waals surface area contributed by atoms with Crippen LogP contribution in [0.2, 0.25) is 0 Å². The van der Waals surface area contributed by atoms with Gasteiger partial charge in [-0.15, -0.1) is 0 Å². The van der Waals surface area contributed by atoms with E-state index < -0.39 is 0 Å². The van der Waals surface area contributed by atoms with Gasteiger partial charge in [0.25, 0.3) is 0 Å². The van der Waals surface area contributed by atoms with Crippen molar-refractivity contribution in [3.05, 3.63) is 0 Å². The average molecular weight is 347 g/mol. The SMILES string of the molecule is CCC(=O)C1C(OC)CC2C3CCC4CCCCC4(C)C3CCC21C. The molecular weight excluding hydrogens is 308 g/mol. The summed E-state index contributed by atoms with van der Waals surface area (Å²) in [7, 11) is 1.83. The van der Waals surface area contributed by atoms with Crippen LogP contribution in [0.1, 0.15) is 85.0 Å². The van der Waals surface area contributed by atoms with Gasteiger partial charge in [-0.25, -0.2) is 0 Å². The van der Waals surface area contributed by atoms with E-state index in [1.54, 1.807) is 0 Å². The van der Waals surface area contributed by atoms with Crippen LogP contribution in [0.15, 0.2) is 0 Å². The van der Waals surface area contributed by atoms with Gasteiger partial charge in [-0.05, 0) is 79.4 Å². The Labute approximate surface area is 154 Å². The highest BCUT2D eigenvalue weighted by molar-refractivity contribution is 5.82. The molecule has 8 unspecified atom stereocenters. The van der Waals surface area contributed by atoms with Gasteiger partial charge >= 0.3 is 0 Å². The molecule has 2 heteroatoms. The zero-order valence-electron chi connectivity index (χ0n) is 16.9. The fourth-order valence-electron chi connectivity index (χ4n) is 8.31. The molecule has 0 heterocycles. The lowest BCUT2D eigenvalue weighted by Gasteiger charge is -2.60. The summed E-state index contributed by atoms with van der Waals surface area (Å²) in [6, 6.07) is 0. The molecule has 2 nitrogen and oxygen atoms in total. The smallest absolute Gasteiger partial charge is 0.138 e. The van der Waals surface area contributed by atoms with E-state index in [1.807, 2.05) is 14.0 Å². The molecule has 4 fully saturated rings. The number of rotatable bonds is 3. The lowest BCUT2D eigenvalue weighted by molar-refractivity contribution is -0.138. The quantitative estimate of drug-likeness (QED) is 0.661. The van der Waals surface area contributed by atoms with Crippen molar-refractivity contribution >= 4 is 5.78 Å². The predicted molar refractivity (Wildman–Crippen MR) is 101 cm³/mol. The number of Topliss-reactive ketones (excluding diaryl/α,β-unsaturated/α-hetero) is 1. The minimum Gasteiger partial charge on any atom is -0.381 e. The maximum Gasteiger partial charge on any atom is 0.138 e. The summed E-state index contributed by atoms with van der Waals surface area (Å²) in [5.41, 5.74) is 0.769. The van der Waals surface area contributed by atoms with E-state index in [2.05, 4.69) is 13.8 Å². The van der Waals surface area contributed by atoms with Gasteiger partial charge in [0.2, 0.25) is 0 Å². The summed E-state index contributed by atoms with van der Waals surface area (Å²) in [5.74, 6) is 4.01. The van der Waals surface area contributed by atoms with E-state index in [0.717, 1.165) is 24.2 Å². The molecule has 0 saturated heterocycles. The van der Waals surface area contributed by atoms with Crippen molar-refractivity contribution in [3.63, 3.8) is 0 Å². The van der Waals surface area contributed by atoms with Crippen molar-refractivity contribution in [2.45, 2.75) is 91.1 Å². The number of carbonyl (C=O) groups is 1. The van der Waals surface area contributed by atoms with Gasteiger partial charge in [0, 0.05) is 19.4 Å². The third kappa shape index (κ3) is 2.49. The highest BCUT2D eigenvalue weighted by atomic mass is 16.5. The van der Waals surface area contributed by atoms with Gasteiger partial charge in [0.15, 0.2) is 0 Å². The summed E-state index contributed by atoms with van der Waals surface area (Å²) in [5, 5.41) is 0. The molecule has 142 valence electrons. The highest BCUT2D eigenvalue weighted by Gasteiger charge is 2.63. The molecule has 0 aliphatic heterocycles. The molecule has 0 aromatic heterocycles. The summed E-state index contributed by atoms with van der Waals surface area (Å²) in [6.07, 6.45) is 13.2. The Bertz CT molecular complexity index is 528. The van der Waals surface area contributed by atoms with Crippen molar-refractivity contribution in [1.29, 1.82) is 0 Å². The van der Waals surface area contributed by atoms with E-state index in [0.29, 0.717) is 23.5 Å². The van der Waals surface area contributed by atoms with Crippen molar-refractivity contribution in [1.82, 2.24) is 0 Å². The molecule has 0 spiro atoms. The largest absolute Gasteiger partial charge is 0.381 e. The topological polar surface area (TPSA) is 26.3 Å². The molecular formula is C23H38O2. The standard InChI is InChI=1S/C23H38O2/c1-5-19(24)21-20(25-4)14-18-16-10-9-15-8-6-7-12-22(15,2)17(16)11-13-23(18,21)3/h15-18,20-21H,5-14H2,1-4H3. The Morgan fingerprint density at radius 1 is 1.00 bits per heavy atom. The Morgan fingerprint density at radius 3 is 2.52 bits per heavy atom. The Kier molecular flexibility index (Phi) is 4.58. The third-order valence-corrected chi connectivity index (χ3v) is 9.59. The first kappa shape index (κ1) is 18.0. The molecule has 4 rings (SSSR count). The van der Waals surface area contributed by atoms with Crippen LogP contribution >= 0.6 is 0 Å². The summed E-state index contributed by atoms with van der Waals surface area (Å²) in [4.78, 5) is 12.8. The first-order chi connectivity index (χ1) is 12.0. The lowest BCUT2D eigenvalue weighted by atomic mass is 9.45. The summed E-state index contributed by atoms with van der Waals surface area (Å²) < 4.78 is 5.89. The zero-order chi connectivity index (χ0) is 17.8. The number of ketones is 1. The monoisotopic (exact) mass is 346 g/mol. The number of hydrogen-bond donors (Lipinski definition) is 0. The minimum atomic E-state index is 0.144. The van der Waals surface area contributed by atoms with Gasteiger partial charge in [-0.1, -0.05) is 33.6 Å². The molecule has 0 radical (unpaired) electrons. The van der Waals surface area contributed by atoms with Gasteiger partial charge in [0.05, 0.1) is 6.10 Å². The second kappa shape index (κ2) is 6.36. The van der Waals surface area contributed by atoms with E-state index in [4.69, 9.17) is 4.74 Å². The Morgan fingerprint density at radius 2 is 1.80 bits per heavy atom. The normalized spacial score (nSPS) is 52.2. The van der Waals surface area contributed by atoms with Gasteiger partial charge in [0.1, 0.15) is 5.78 Å². The first-order valence-corrected chi connectivity index (χ1v) is 11.0. The molecule has 8 atom stereocenters. The number of ether oxygens (including phenoxy) is 1. The van der Waals surface area contributed by atoms with Gasteiger partial charge < -0.3 is 4.74 Å². The Hall–Kier alpha value is -0.370. The van der Waals surface area contributed by atoms with Crippen LogP contribution in [0.5, 0.6) is 0 Å². The van der Waals surface area contributed by atoms with Crippen LogP contribution in [-0.4, -0.2) is 19.0 Å². The fraction of sp³-hybridized carbons (Fsp3) is 0.957. The van der Waals surface area contributed by atoms with E-state index >= 15 is 0 Å². The molecule has 4 saturated carbocycles. The molecule has 0 aromatic rings. The highest BCUT2D eigenvalue weighted by Crippen LogP contribution is 2.67. The fourth-order valence-corrected chi connectivity index (χ4v) is 8.31. The molecule has 0 N–H and O–H groups in total. The zero-order valence-corrected chi connectivity index (χ0v) is 16.9. The predicted octanol–water partition coefficient (Wildman–Crippen LogP) is 5.64. The molecule has 0 aromatic carbocycles. The first-order valence-electron chi connectivity index (χ1n) is 11.0. The van der Waals surface area contributed by atoms with Crippen molar-refractivity contribution < 1.29 is 9.53 Å². The summed E-state index contributed by atoms with van der Waals surface area (Å²) in [6.45, 7) is 7.11. The van der Waals surface area contributed by atoms with Gasteiger partial charge in [-0.2, -0.15) is 0 Å². The van der Waals surface area contributed by atoms with Crippen molar-refractivity contribution in [2.75, 3.05) is 7.11 Å². The van der Waals surface area contributed by atoms with Crippen LogP contribution < -0.4 is 0 Å². The maximum atomic E-state index is 12.8. The third-order valence-electron chi connectivity index (χ3n) is 9.59. The number of methoxy groups -OCH3 is 1. The lowest BCUT2D eigenvalue weighted by Crippen LogP contribution is -2.53. The minimum absolute atomic E-state index is 0.144. The second-order valence-electron chi connectivity index (χ2n) is 10.3. The molecule has 0 amide bonds. The van der Waals surface area contributed by atoms with E-state index in [9.17, 15) is 4.79 Å². The second-order valence-corrected chi connectivity index (χ2v) is 10.3. The molecule has 4 aliphatic rings. The van der Waals surface area contributed by atoms with Crippen LogP contribution in [-0.2, 0) is 9.53 Å². The number of fused-ring (bicyclic) bond motifs is 5.